The van der Waals surface area contributed by atoms with Gasteiger partial charge < -0.3 is 15.4 Å². The first-order chi connectivity index (χ1) is 8.69. The molecule has 2 heterocycles. The fourth-order valence-corrected chi connectivity index (χ4v) is 2.65. The zero-order valence-corrected chi connectivity index (χ0v) is 10.4. The summed E-state index contributed by atoms with van der Waals surface area (Å²) < 4.78 is 5.71. The lowest BCUT2D eigenvalue weighted by Gasteiger charge is -2.43. The number of nitrogens with two attached hydrogens (primary N) is 1. The summed E-state index contributed by atoms with van der Waals surface area (Å²) in [5, 5.41) is 0. The van der Waals surface area contributed by atoms with E-state index in [1.165, 1.54) is 0 Å². The van der Waals surface area contributed by atoms with Crippen LogP contribution in [0, 0.1) is 0 Å². The fraction of sp³-hybridized carbons (Fsp3) is 0.462. The van der Waals surface area contributed by atoms with Crippen LogP contribution in [0.3, 0.4) is 0 Å². The van der Waals surface area contributed by atoms with E-state index in [-0.39, 0.29) is 11.9 Å². The zero-order chi connectivity index (χ0) is 12.7. The molecule has 2 aliphatic heterocycles. The highest BCUT2D eigenvalue weighted by Gasteiger charge is 2.37. The molecule has 0 aliphatic carbocycles. The van der Waals surface area contributed by atoms with Crippen molar-refractivity contribution in [2.24, 2.45) is 0 Å². The molecule has 2 N–H and O–H groups in total. The third-order valence-electron chi connectivity index (χ3n) is 3.58. The second-order valence-corrected chi connectivity index (χ2v) is 4.78. The van der Waals surface area contributed by atoms with Gasteiger partial charge in [-0.1, -0.05) is 6.92 Å². The van der Waals surface area contributed by atoms with Crippen molar-refractivity contribution in [1.29, 1.82) is 0 Å². The summed E-state index contributed by atoms with van der Waals surface area (Å²) in [6.45, 7) is 4.85. The van der Waals surface area contributed by atoms with Crippen molar-refractivity contribution >= 4 is 17.3 Å². The minimum Gasteiger partial charge on any atom is -0.489 e. The highest BCUT2D eigenvalue weighted by Crippen LogP contribution is 2.36. The number of carbonyl (C=O) groups is 1. The molecule has 1 aromatic rings. The maximum Gasteiger partial charge on any atom is 0.241 e. The van der Waals surface area contributed by atoms with Gasteiger partial charge in [-0.3, -0.25) is 9.69 Å². The summed E-state index contributed by atoms with van der Waals surface area (Å²) in [4.78, 5) is 16.3. The Morgan fingerprint density at radius 2 is 2.33 bits per heavy atom. The van der Waals surface area contributed by atoms with Crippen LogP contribution in [-0.4, -0.2) is 43.1 Å². The zero-order valence-electron chi connectivity index (χ0n) is 10.4. The van der Waals surface area contributed by atoms with E-state index in [0.29, 0.717) is 24.6 Å². The number of fused-ring (bicyclic) bond motifs is 3. The summed E-state index contributed by atoms with van der Waals surface area (Å²) in [6, 6.07) is 5.58. The molecule has 5 heteroatoms. The SMILES string of the molecule is CCN1CC(=O)N2c3ccc(N)cc3OCC2C1. The molecule has 0 saturated carbocycles. The molecule has 1 amide bonds. The number of amides is 1. The lowest BCUT2D eigenvalue weighted by molar-refractivity contribution is -0.122. The van der Waals surface area contributed by atoms with Crippen molar-refractivity contribution in [3.63, 3.8) is 0 Å². The first kappa shape index (κ1) is 11.3. The van der Waals surface area contributed by atoms with E-state index in [2.05, 4.69) is 11.8 Å². The number of rotatable bonds is 1. The Kier molecular flexibility index (Phi) is 2.63. The largest absolute Gasteiger partial charge is 0.489 e. The number of piperazine rings is 1. The number of carbonyl (C=O) groups excluding carboxylic acids is 1. The lowest BCUT2D eigenvalue weighted by Crippen LogP contribution is -2.60. The normalized spacial score (nSPS) is 23.3. The van der Waals surface area contributed by atoms with Gasteiger partial charge in [-0.2, -0.15) is 0 Å². The maximum absolute atomic E-state index is 12.2. The van der Waals surface area contributed by atoms with Crippen molar-refractivity contribution in [2.45, 2.75) is 13.0 Å². The van der Waals surface area contributed by atoms with E-state index in [1.807, 2.05) is 17.0 Å². The second kappa shape index (κ2) is 4.17. The average molecular weight is 247 g/mol. The van der Waals surface area contributed by atoms with Crippen LogP contribution < -0.4 is 15.4 Å². The van der Waals surface area contributed by atoms with Gasteiger partial charge in [-0.15, -0.1) is 0 Å². The molecule has 1 saturated heterocycles. The van der Waals surface area contributed by atoms with Gasteiger partial charge in [0.25, 0.3) is 0 Å². The van der Waals surface area contributed by atoms with Gasteiger partial charge in [0.2, 0.25) is 5.91 Å². The summed E-state index contributed by atoms with van der Waals surface area (Å²) in [5.74, 6) is 0.854. The summed E-state index contributed by atoms with van der Waals surface area (Å²) in [7, 11) is 0. The molecule has 0 spiro atoms. The van der Waals surface area contributed by atoms with E-state index in [1.54, 1.807) is 6.07 Å². The summed E-state index contributed by atoms with van der Waals surface area (Å²) in [6.07, 6.45) is 0. The molecule has 96 valence electrons. The number of benzene rings is 1. The lowest BCUT2D eigenvalue weighted by atomic mass is 10.1. The third-order valence-corrected chi connectivity index (χ3v) is 3.58. The van der Waals surface area contributed by atoms with Gasteiger partial charge in [0.1, 0.15) is 12.4 Å². The van der Waals surface area contributed by atoms with Crippen LogP contribution in [0.5, 0.6) is 5.75 Å². The number of hydrogen-bond acceptors (Lipinski definition) is 4. The Balaban J connectivity index is 1.96. The van der Waals surface area contributed by atoms with Crippen LogP contribution >= 0.6 is 0 Å². The van der Waals surface area contributed by atoms with Crippen molar-refractivity contribution in [3.05, 3.63) is 18.2 Å². The first-order valence-corrected chi connectivity index (χ1v) is 6.25. The van der Waals surface area contributed by atoms with Crippen LogP contribution in [0.1, 0.15) is 6.92 Å². The quantitative estimate of drug-likeness (QED) is 0.742. The van der Waals surface area contributed by atoms with E-state index in [0.717, 1.165) is 18.8 Å². The van der Waals surface area contributed by atoms with E-state index >= 15 is 0 Å². The smallest absolute Gasteiger partial charge is 0.241 e. The van der Waals surface area contributed by atoms with Crippen LogP contribution in [-0.2, 0) is 4.79 Å². The van der Waals surface area contributed by atoms with E-state index < -0.39 is 0 Å². The van der Waals surface area contributed by atoms with Gasteiger partial charge in [0.05, 0.1) is 18.3 Å². The molecule has 0 radical (unpaired) electrons. The number of likely N-dealkylation sites (N-methyl/N-ethyl adjacent to an activating group) is 1. The van der Waals surface area contributed by atoms with Crippen molar-refractivity contribution in [3.8, 4) is 5.75 Å². The topological polar surface area (TPSA) is 58.8 Å². The molecule has 3 rings (SSSR count). The standard InChI is InChI=1S/C13H17N3O2/c1-2-15-6-10-8-18-12-5-9(14)3-4-11(12)16(10)13(17)7-15/h3-5,10H,2,6-8,14H2,1H3. The second-order valence-electron chi connectivity index (χ2n) is 4.78. The monoisotopic (exact) mass is 247 g/mol. The molecule has 2 aliphatic rings. The molecule has 1 fully saturated rings. The van der Waals surface area contributed by atoms with Crippen LogP contribution in [0.25, 0.3) is 0 Å². The summed E-state index contributed by atoms with van der Waals surface area (Å²) >= 11 is 0. The Bertz CT molecular complexity index is 489. The van der Waals surface area contributed by atoms with Crippen LogP contribution in [0.15, 0.2) is 18.2 Å². The van der Waals surface area contributed by atoms with Crippen molar-refractivity contribution in [2.75, 3.05) is 36.9 Å². The number of anilines is 2. The van der Waals surface area contributed by atoms with Gasteiger partial charge in [-0.25, -0.2) is 0 Å². The molecule has 5 nitrogen and oxygen atoms in total. The number of nitrogens with zero attached hydrogens (tertiary/aromatic N) is 2. The average Bonchev–Trinajstić information content (AvgIpc) is 2.37. The van der Waals surface area contributed by atoms with Crippen LogP contribution in [0.2, 0.25) is 0 Å². The van der Waals surface area contributed by atoms with Gasteiger partial charge in [0.15, 0.2) is 0 Å². The maximum atomic E-state index is 12.2. The highest BCUT2D eigenvalue weighted by atomic mass is 16.5. The van der Waals surface area contributed by atoms with Crippen molar-refractivity contribution in [1.82, 2.24) is 4.90 Å². The Morgan fingerprint density at radius 3 is 3.11 bits per heavy atom. The molecule has 0 aromatic heterocycles. The molecular weight excluding hydrogens is 230 g/mol. The van der Waals surface area contributed by atoms with Crippen molar-refractivity contribution < 1.29 is 9.53 Å². The molecular formula is C13H17N3O2. The Hall–Kier alpha value is -1.75. The summed E-state index contributed by atoms with van der Waals surface area (Å²) in [5.41, 5.74) is 7.24. The fourth-order valence-electron chi connectivity index (χ4n) is 2.65. The predicted octanol–water partition coefficient (Wildman–Crippen LogP) is 0.698. The molecule has 0 bridgehead atoms. The third kappa shape index (κ3) is 1.71. The molecule has 18 heavy (non-hydrogen) atoms. The number of hydrogen-bond donors (Lipinski definition) is 1. The van der Waals surface area contributed by atoms with Gasteiger partial charge in [-0.05, 0) is 18.7 Å². The van der Waals surface area contributed by atoms with E-state index in [4.69, 9.17) is 10.5 Å². The molecule has 1 unspecified atom stereocenters. The molecule has 1 atom stereocenters. The number of ether oxygens (including phenoxy) is 1. The number of nitrogen functional groups attached to an aromatic ring is 1. The minimum absolute atomic E-state index is 0.113. The predicted molar refractivity (Wildman–Crippen MR) is 69.7 cm³/mol. The van der Waals surface area contributed by atoms with Gasteiger partial charge in [0, 0.05) is 18.3 Å². The minimum atomic E-state index is 0.113. The van der Waals surface area contributed by atoms with Crippen LogP contribution in [0.4, 0.5) is 11.4 Å². The molecule has 1 aromatic carbocycles. The highest BCUT2D eigenvalue weighted by molar-refractivity contribution is 5.98. The van der Waals surface area contributed by atoms with E-state index in [9.17, 15) is 4.79 Å². The van der Waals surface area contributed by atoms with Gasteiger partial charge >= 0.3 is 0 Å². The first-order valence-electron chi connectivity index (χ1n) is 6.25. The Labute approximate surface area is 106 Å². The Morgan fingerprint density at radius 1 is 1.50 bits per heavy atom.